The number of carbonyl (C=O) groups is 2. The topological polar surface area (TPSA) is 49.9 Å². The Labute approximate surface area is 246 Å². The van der Waals surface area contributed by atoms with Crippen molar-refractivity contribution in [3.8, 4) is 5.75 Å². The SMILES string of the molecule is CCN(CC)c1ccc(/C=C2\SC(=O)N(Cc3c(Cl)cccc3Cl)C2=O)c(OCc2ccc(Cl)cc2Cl)c1. The molecule has 198 valence electrons. The lowest BCUT2D eigenvalue weighted by molar-refractivity contribution is -0.123. The summed E-state index contributed by atoms with van der Waals surface area (Å²) in [5.74, 6) is 0.136. The number of ether oxygens (including phenoxy) is 1. The fourth-order valence-electron chi connectivity index (χ4n) is 3.97. The van der Waals surface area contributed by atoms with Crippen LogP contribution in [0.3, 0.4) is 0 Å². The van der Waals surface area contributed by atoms with Crippen LogP contribution in [0, 0.1) is 0 Å². The number of hydrogen-bond donors (Lipinski definition) is 0. The summed E-state index contributed by atoms with van der Waals surface area (Å²) >= 11 is 25.8. The standard InChI is InChI=1S/C28H24Cl4N2O3S/c1-3-33(4-2)20-11-9-17(25(14-20)37-16-18-8-10-19(29)13-24(18)32)12-26-27(35)34(28(36)38-26)15-21-22(30)6-5-7-23(21)31/h5-14H,3-4,15-16H2,1-2H3/b26-12-. The number of imide groups is 1. The van der Waals surface area contributed by atoms with Gasteiger partial charge in [0.05, 0.1) is 11.4 Å². The first kappa shape index (κ1) is 28.7. The fourth-order valence-corrected chi connectivity index (χ4v) is 5.78. The maximum atomic E-state index is 13.2. The second-order valence-corrected chi connectivity index (χ2v) is 11.0. The summed E-state index contributed by atoms with van der Waals surface area (Å²) in [7, 11) is 0. The van der Waals surface area contributed by atoms with E-state index in [1.807, 2.05) is 24.3 Å². The van der Waals surface area contributed by atoms with Crippen molar-refractivity contribution in [1.29, 1.82) is 0 Å². The number of halogens is 4. The Morgan fingerprint density at radius 3 is 2.29 bits per heavy atom. The Bertz CT molecular complexity index is 1390. The van der Waals surface area contributed by atoms with E-state index in [2.05, 4.69) is 18.7 Å². The molecule has 0 atom stereocenters. The predicted octanol–water partition coefficient (Wildman–Crippen LogP) is 8.96. The van der Waals surface area contributed by atoms with Crippen molar-refractivity contribution >= 4 is 81.1 Å². The van der Waals surface area contributed by atoms with Gasteiger partial charge in [-0.15, -0.1) is 0 Å². The number of nitrogens with zero attached hydrogens (tertiary/aromatic N) is 2. The van der Waals surface area contributed by atoms with Crippen LogP contribution >= 0.6 is 58.2 Å². The highest BCUT2D eigenvalue weighted by Crippen LogP contribution is 2.38. The second-order valence-electron chi connectivity index (χ2n) is 8.39. The van der Waals surface area contributed by atoms with Gasteiger partial charge in [0, 0.05) is 61.6 Å². The number of anilines is 1. The van der Waals surface area contributed by atoms with E-state index in [1.165, 1.54) is 0 Å². The van der Waals surface area contributed by atoms with E-state index >= 15 is 0 Å². The molecule has 5 nitrogen and oxygen atoms in total. The quantitative estimate of drug-likeness (QED) is 0.227. The first-order valence-electron chi connectivity index (χ1n) is 11.9. The summed E-state index contributed by atoms with van der Waals surface area (Å²) in [6.07, 6.45) is 1.67. The van der Waals surface area contributed by atoms with Crippen molar-refractivity contribution in [2.45, 2.75) is 27.0 Å². The highest BCUT2D eigenvalue weighted by molar-refractivity contribution is 8.18. The van der Waals surface area contributed by atoms with Crippen molar-refractivity contribution in [1.82, 2.24) is 4.90 Å². The van der Waals surface area contributed by atoms with Crippen LogP contribution < -0.4 is 9.64 Å². The van der Waals surface area contributed by atoms with E-state index in [0.29, 0.717) is 37.0 Å². The van der Waals surface area contributed by atoms with Crippen molar-refractivity contribution in [2.24, 2.45) is 0 Å². The number of hydrogen-bond acceptors (Lipinski definition) is 5. The molecule has 0 N–H and O–H groups in total. The molecule has 3 aromatic carbocycles. The summed E-state index contributed by atoms with van der Waals surface area (Å²) in [5, 5.41) is 1.43. The third-order valence-electron chi connectivity index (χ3n) is 6.06. The minimum Gasteiger partial charge on any atom is -0.488 e. The number of thioether (sulfide) groups is 1. The van der Waals surface area contributed by atoms with Gasteiger partial charge in [-0.1, -0.05) is 58.5 Å². The zero-order chi connectivity index (χ0) is 27.4. The highest BCUT2D eigenvalue weighted by Gasteiger charge is 2.36. The number of benzene rings is 3. The van der Waals surface area contributed by atoms with Gasteiger partial charge in [-0.25, -0.2) is 0 Å². The Hall–Kier alpha value is -2.35. The molecule has 0 aliphatic carbocycles. The predicted molar refractivity (Wildman–Crippen MR) is 159 cm³/mol. The monoisotopic (exact) mass is 608 g/mol. The molecule has 4 rings (SSSR count). The lowest BCUT2D eigenvalue weighted by Crippen LogP contribution is -2.27. The van der Waals surface area contributed by atoms with Crippen LogP contribution in [0.2, 0.25) is 20.1 Å². The van der Waals surface area contributed by atoms with Gasteiger partial charge in [0.2, 0.25) is 0 Å². The lowest BCUT2D eigenvalue weighted by atomic mass is 10.1. The van der Waals surface area contributed by atoms with Gasteiger partial charge in [0.1, 0.15) is 12.4 Å². The zero-order valence-corrected chi connectivity index (χ0v) is 24.5. The third kappa shape index (κ3) is 6.44. The Kier molecular flexibility index (Phi) is 9.55. The van der Waals surface area contributed by atoms with Gasteiger partial charge < -0.3 is 9.64 Å². The van der Waals surface area contributed by atoms with Crippen LogP contribution in [0.1, 0.15) is 30.5 Å². The van der Waals surface area contributed by atoms with Gasteiger partial charge in [-0.05, 0) is 68.1 Å². The molecular formula is C28H24Cl4N2O3S. The smallest absolute Gasteiger partial charge is 0.293 e. The van der Waals surface area contributed by atoms with E-state index in [-0.39, 0.29) is 18.1 Å². The van der Waals surface area contributed by atoms with Crippen molar-refractivity contribution < 1.29 is 14.3 Å². The molecule has 0 spiro atoms. The van der Waals surface area contributed by atoms with E-state index < -0.39 is 11.1 Å². The number of carbonyl (C=O) groups excluding carboxylic acids is 2. The first-order chi connectivity index (χ1) is 18.2. The zero-order valence-electron chi connectivity index (χ0n) is 20.6. The molecule has 0 aromatic heterocycles. The number of amides is 2. The molecule has 0 radical (unpaired) electrons. The molecule has 38 heavy (non-hydrogen) atoms. The minimum atomic E-state index is -0.421. The molecule has 1 fully saturated rings. The third-order valence-corrected chi connectivity index (χ3v) is 8.26. The summed E-state index contributed by atoms with van der Waals surface area (Å²) < 4.78 is 6.20. The Balaban J connectivity index is 1.64. The fraction of sp³-hybridized carbons (Fsp3) is 0.214. The van der Waals surface area contributed by atoms with E-state index in [9.17, 15) is 9.59 Å². The molecular weight excluding hydrogens is 586 g/mol. The average molecular weight is 610 g/mol. The summed E-state index contributed by atoms with van der Waals surface area (Å²) in [4.78, 5) is 29.6. The molecule has 3 aromatic rings. The molecule has 1 heterocycles. The van der Waals surface area contributed by atoms with Crippen LogP contribution in [0.5, 0.6) is 5.75 Å². The van der Waals surface area contributed by atoms with Crippen LogP contribution in [-0.2, 0) is 17.9 Å². The summed E-state index contributed by atoms with van der Waals surface area (Å²) in [6, 6.07) is 16.1. The minimum absolute atomic E-state index is 0.0141. The van der Waals surface area contributed by atoms with Gasteiger partial charge in [-0.2, -0.15) is 0 Å². The van der Waals surface area contributed by atoms with Gasteiger partial charge in [0.25, 0.3) is 11.1 Å². The maximum Gasteiger partial charge on any atom is 0.293 e. The van der Waals surface area contributed by atoms with Crippen LogP contribution in [0.15, 0.2) is 59.5 Å². The largest absolute Gasteiger partial charge is 0.488 e. The molecule has 10 heteroatoms. The average Bonchev–Trinajstić information content (AvgIpc) is 3.14. The van der Waals surface area contributed by atoms with Gasteiger partial charge in [-0.3, -0.25) is 14.5 Å². The Morgan fingerprint density at radius 1 is 0.921 bits per heavy atom. The van der Waals surface area contributed by atoms with Crippen LogP contribution in [0.25, 0.3) is 6.08 Å². The highest BCUT2D eigenvalue weighted by atomic mass is 35.5. The summed E-state index contributed by atoms with van der Waals surface area (Å²) in [6.45, 7) is 5.98. The first-order valence-corrected chi connectivity index (χ1v) is 14.2. The molecule has 0 saturated carbocycles. The van der Waals surface area contributed by atoms with Crippen molar-refractivity contribution in [2.75, 3.05) is 18.0 Å². The molecule has 1 saturated heterocycles. The van der Waals surface area contributed by atoms with E-state index in [4.69, 9.17) is 51.1 Å². The lowest BCUT2D eigenvalue weighted by Gasteiger charge is -2.22. The second kappa shape index (κ2) is 12.7. The number of rotatable bonds is 9. The molecule has 1 aliphatic rings. The Morgan fingerprint density at radius 2 is 1.63 bits per heavy atom. The molecule has 1 aliphatic heterocycles. The normalized spacial score (nSPS) is 14.5. The van der Waals surface area contributed by atoms with Gasteiger partial charge >= 0.3 is 0 Å². The molecule has 0 unspecified atom stereocenters. The van der Waals surface area contributed by atoms with Crippen molar-refractivity contribution in [3.63, 3.8) is 0 Å². The van der Waals surface area contributed by atoms with E-state index in [0.717, 1.165) is 41.0 Å². The van der Waals surface area contributed by atoms with Crippen LogP contribution in [0.4, 0.5) is 10.5 Å². The van der Waals surface area contributed by atoms with Crippen molar-refractivity contribution in [3.05, 3.63) is 96.3 Å². The molecule has 0 bridgehead atoms. The van der Waals surface area contributed by atoms with Crippen LogP contribution in [-0.4, -0.2) is 29.1 Å². The summed E-state index contributed by atoms with van der Waals surface area (Å²) in [5.41, 5.74) is 2.93. The maximum absolute atomic E-state index is 13.2. The molecule has 2 amide bonds. The van der Waals surface area contributed by atoms with Gasteiger partial charge in [0.15, 0.2) is 0 Å². The van der Waals surface area contributed by atoms with E-state index in [1.54, 1.807) is 36.4 Å².